The van der Waals surface area contributed by atoms with Crippen LogP contribution in [0.4, 0.5) is 0 Å². The number of piperidine rings is 1. The lowest BCUT2D eigenvalue weighted by Crippen LogP contribution is -2.44. The van der Waals surface area contributed by atoms with E-state index in [1.807, 2.05) is 18.3 Å². The molecule has 0 unspecified atom stereocenters. The summed E-state index contributed by atoms with van der Waals surface area (Å²) in [4.78, 5) is 19.0. The summed E-state index contributed by atoms with van der Waals surface area (Å²) in [6, 6.07) is 5.07. The van der Waals surface area contributed by atoms with Crippen LogP contribution in [0.1, 0.15) is 76.6 Å². The number of amides is 1. The third kappa shape index (κ3) is 4.54. The zero-order chi connectivity index (χ0) is 22.0. The molecule has 0 radical (unpaired) electrons. The fourth-order valence-electron chi connectivity index (χ4n) is 5.80. The first-order valence-electron chi connectivity index (χ1n) is 12.0. The molecule has 0 atom stereocenters. The minimum atomic E-state index is -0.0486. The van der Waals surface area contributed by atoms with E-state index in [9.17, 15) is 4.79 Å². The van der Waals surface area contributed by atoms with Gasteiger partial charge >= 0.3 is 0 Å². The first kappa shape index (κ1) is 22.0. The van der Waals surface area contributed by atoms with E-state index in [1.165, 1.54) is 31.9 Å². The first-order valence-corrected chi connectivity index (χ1v) is 12.0. The molecule has 2 aromatic heterocycles. The normalized spacial score (nSPS) is 23.4. The number of likely N-dealkylation sites (tertiary alicyclic amines) is 1. The van der Waals surface area contributed by atoms with Crippen LogP contribution >= 0.6 is 0 Å². The van der Waals surface area contributed by atoms with Crippen molar-refractivity contribution in [3.05, 3.63) is 29.6 Å². The summed E-state index contributed by atoms with van der Waals surface area (Å²) < 4.78 is 2.32. The number of rotatable bonds is 6. The largest absolute Gasteiger partial charge is 0.351 e. The Balaban J connectivity index is 1.51. The van der Waals surface area contributed by atoms with Gasteiger partial charge in [0.2, 0.25) is 5.91 Å². The molecule has 2 N–H and O–H groups in total. The van der Waals surface area contributed by atoms with Crippen LogP contribution in [0.5, 0.6) is 0 Å². The molecular formula is C25H37N5O. The molecular weight excluding hydrogens is 386 g/mol. The minimum Gasteiger partial charge on any atom is -0.351 e. The highest BCUT2D eigenvalue weighted by Gasteiger charge is 2.32. The Kier molecular flexibility index (Phi) is 6.75. The fourth-order valence-corrected chi connectivity index (χ4v) is 5.80. The van der Waals surface area contributed by atoms with Gasteiger partial charge in [0.1, 0.15) is 5.65 Å². The van der Waals surface area contributed by atoms with Crippen LogP contribution in [-0.4, -0.2) is 45.7 Å². The lowest BCUT2D eigenvalue weighted by atomic mass is 9.79. The Labute approximate surface area is 185 Å². The predicted molar refractivity (Wildman–Crippen MR) is 126 cm³/mol. The van der Waals surface area contributed by atoms with Crippen LogP contribution in [0, 0.1) is 17.2 Å². The molecule has 2 aromatic rings. The van der Waals surface area contributed by atoms with Gasteiger partial charge in [0, 0.05) is 61.2 Å². The molecule has 6 heteroatoms. The molecule has 0 bridgehead atoms. The smallest absolute Gasteiger partial charge is 0.217 e. The van der Waals surface area contributed by atoms with E-state index >= 15 is 0 Å². The Morgan fingerprint density at radius 3 is 2.52 bits per heavy atom. The van der Waals surface area contributed by atoms with Crippen molar-refractivity contribution < 1.29 is 4.79 Å². The Bertz CT molecular complexity index is 917. The van der Waals surface area contributed by atoms with E-state index in [1.54, 1.807) is 6.92 Å². The molecule has 2 fully saturated rings. The lowest BCUT2D eigenvalue weighted by molar-refractivity contribution is -0.119. The average molecular weight is 424 g/mol. The van der Waals surface area contributed by atoms with Crippen molar-refractivity contribution in [3.8, 4) is 0 Å². The first-order chi connectivity index (χ1) is 15.0. The number of hydrogen-bond acceptors (Lipinski definition) is 4. The molecule has 1 saturated carbocycles. The summed E-state index contributed by atoms with van der Waals surface area (Å²) in [5, 5.41) is 12.0. The number of pyridine rings is 1. The maximum Gasteiger partial charge on any atom is 0.217 e. The number of aromatic nitrogens is 2. The molecule has 3 heterocycles. The summed E-state index contributed by atoms with van der Waals surface area (Å²) in [5.41, 5.74) is 2.83. The van der Waals surface area contributed by atoms with Crippen molar-refractivity contribution in [3.63, 3.8) is 0 Å². The summed E-state index contributed by atoms with van der Waals surface area (Å²) in [5.74, 6) is 1.67. The number of fused-ring (bicyclic) bond motifs is 1. The number of carbonyl (C=O) groups is 1. The maximum atomic E-state index is 11.6. The van der Waals surface area contributed by atoms with Crippen molar-refractivity contribution in [2.24, 2.45) is 11.8 Å². The highest BCUT2D eigenvalue weighted by Crippen LogP contribution is 2.36. The van der Waals surface area contributed by atoms with Crippen LogP contribution in [0.2, 0.25) is 0 Å². The summed E-state index contributed by atoms with van der Waals surface area (Å²) in [7, 11) is 0. The second-order valence-corrected chi connectivity index (χ2v) is 9.74. The van der Waals surface area contributed by atoms with Crippen LogP contribution in [-0.2, 0) is 11.3 Å². The Morgan fingerprint density at radius 1 is 1.19 bits per heavy atom. The molecule has 1 saturated heterocycles. The van der Waals surface area contributed by atoms with Gasteiger partial charge in [0.15, 0.2) is 0 Å². The fraction of sp³-hybridized carbons (Fsp3) is 0.640. The molecule has 4 rings (SSSR count). The zero-order valence-corrected chi connectivity index (χ0v) is 19.2. The molecule has 6 nitrogen and oxygen atoms in total. The number of hydrogen-bond donors (Lipinski definition) is 2. The van der Waals surface area contributed by atoms with Crippen LogP contribution < -0.4 is 5.32 Å². The van der Waals surface area contributed by atoms with Crippen LogP contribution in [0.25, 0.3) is 11.0 Å². The molecule has 1 aliphatic heterocycles. The van der Waals surface area contributed by atoms with Gasteiger partial charge in [-0.1, -0.05) is 13.8 Å². The highest BCUT2D eigenvalue weighted by molar-refractivity contribution is 5.99. The second kappa shape index (κ2) is 9.51. The van der Waals surface area contributed by atoms with Crippen molar-refractivity contribution in [2.45, 2.75) is 77.9 Å². The lowest BCUT2D eigenvalue weighted by Gasteiger charge is -2.42. The molecule has 0 aromatic carbocycles. The van der Waals surface area contributed by atoms with Gasteiger partial charge in [-0.3, -0.25) is 4.79 Å². The van der Waals surface area contributed by atoms with Crippen molar-refractivity contribution in [1.82, 2.24) is 19.8 Å². The van der Waals surface area contributed by atoms with Gasteiger partial charge in [0.25, 0.3) is 0 Å². The van der Waals surface area contributed by atoms with Gasteiger partial charge in [-0.15, -0.1) is 0 Å². The zero-order valence-electron chi connectivity index (χ0n) is 19.2. The molecule has 1 amide bonds. The number of carbonyl (C=O) groups excluding carboxylic acids is 1. The van der Waals surface area contributed by atoms with Crippen LogP contribution in [0.15, 0.2) is 18.3 Å². The molecule has 168 valence electrons. The third-order valence-electron chi connectivity index (χ3n) is 7.62. The predicted octanol–water partition coefficient (Wildman–Crippen LogP) is 4.52. The number of nitrogens with one attached hydrogen (secondary N) is 2. The Hall–Kier alpha value is -2.21. The van der Waals surface area contributed by atoms with Crippen LogP contribution in [0.3, 0.4) is 0 Å². The summed E-state index contributed by atoms with van der Waals surface area (Å²) in [6.45, 7) is 8.96. The second-order valence-electron chi connectivity index (χ2n) is 9.74. The highest BCUT2D eigenvalue weighted by atomic mass is 16.1. The average Bonchev–Trinajstić information content (AvgIpc) is 3.11. The monoisotopic (exact) mass is 423 g/mol. The summed E-state index contributed by atoms with van der Waals surface area (Å²) >= 11 is 0. The molecule has 31 heavy (non-hydrogen) atoms. The summed E-state index contributed by atoms with van der Waals surface area (Å²) in [6.07, 6.45) is 10.9. The van der Waals surface area contributed by atoms with E-state index in [-0.39, 0.29) is 5.91 Å². The quantitative estimate of drug-likeness (QED) is 0.671. The minimum absolute atomic E-state index is 0.0486. The van der Waals surface area contributed by atoms with E-state index in [0.29, 0.717) is 12.6 Å². The Morgan fingerprint density at radius 2 is 1.90 bits per heavy atom. The molecule has 1 aliphatic carbocycles. The van der Waals surface area contributed by atoms with Gasteiger partial charge < -0.3 is 20.2 Å². The van der Waals surface area contributed by atoms with E-state index in [0.717, 1.165) is 66.1 Å². The standard InChI is InChI=1S/C25H37N5O/c1-17(2)19-6-8-20(9-7-19)29-13-10-21(11-14-29)30-24(16-28-18(3)31)23(15-26)22-5-4-12-27-25(22)30/h4-5,12,15,17,19-21,26H,6-11,13-14,16H2,1-3H3,(H,28,31). The van der Waals surface area contributed by atoms with E-state index in [4.69, 9.17) is 5.41 Å². The number of nitrogens with zero attached hydrogens (tertiary/aromatic N) is 3. The maximum absolute atomic E-state index is 11.6. The van der Waals surface area contributed by atoms with Gasteiger partial charge in [-0.2, -0.15) is 0 Å². The van der Waals surface area contributed by atoms with E-state index < -0.39 is 0 Å². The van der Waals surface area contributed by atoms with E-state index in [2.05, 4.69) is 33.6 Å². The third-order valence-corrected chi connectivity index (χ3v) is 7.62. The van der Waals surface area contributed by atoms with Crippen molar-refractivity contribution >= 4 is 23.2 Å². The van der Waals surface area contributed by atoms with Gasteiger partial charge in [-0.05, 0) is 62.5 Å². The van der Waals surface area contributed by atoms with Gasteiger partial charge in [0.05, 0.1) is 6.54 Å². The molecule has 0 spiro atoms. The van der Waals surface area contributed by atoms with Crippen molar-refractivity contribution in [2.75, 3.05) is 13.1 Å². The molecule has 2 aliphatic rings. The topological polar surface area (TPSA) is 74.0 Å². The van der Waals surface area contributed by atoms with Gasteiger partial charge in [-0.25, -0.2) is 4.98 Å². The van der Waals surface area contributed by atoms with Crippen molar-refractivity contribution in [1.29, 1.82) is 5.41 Å². The SMILES string of the molecule is CC(=O)NCc1c(C=N)c2cccnc2n1C1CCN(C2CCC(C(C)C)CC2)CC1.